The maximum absolute atomic E-state index is 4.42. The van der Waals surface area contributed by atoms with Crippen LogP contribution >= 0.6 is 11.8 Å². The number of para-hydroxylation sites is 1. The van der Waals surface area contributed by atoms with Crippen LogP contribution in [0.4, 0.5) is 0 Å². The normalized spacial score (nSPS) is 11.9. The number of nitrogens with one attached hydrogen (secondary N) is 1. The third kappa shape index (κ3) is 3.33. The first-order chi connectivity index (χ1) is 9.74. The molecule has 2 nitrogen and oxygen atoms in total. The number of hydrogen-bond acceptors (Lipinski definition) is 3. The fourth-order valence-electron chi connectivity index (χ4n) is 2.60. The van der Waals surface area contributed by atoms with Gasteiger partial charge >= 0.3 is 0 Å². The summed E-state index contributed by atoms with van der Waals surface area (Å²) in [6.45, 7) is 6.52. The van der Waals surface area contributed by atoms with Gasteiger partial charge in [0.25, 0.3) is 0 Å². The summed E-state index contributed by atoms with van der Waals surface area (Å²) in [4.78, 5) is 4.42. The molecule has 108 valence electrons. The highest BCUT2D eigenvalue weighted by Crippen LogP contribution is 2.29. The van der Waals surface area contributed by atoms with E-state index in [4.69, 9.17) is 0 Å². The van der Waals surface area contributed by atoms with E-state index in [-0.39, 0.29) is 0 Å². The van der Waals surface area contributed by atoms with Crippen molar-refractivity contribution in [3.63, 3.8) is 0 Å². The van der Waals surface area contributed by atoms with Crippen molar-refractivity contribution < 1.29 is 0 Å². The Kier molecular flexibility index (Phi) is 5.44. The van der Waals surface area contributed by atoms with E-state index in [1.54, 1.807) is 0 Å². The zero-order valence-electron chi connectivity index (χ0n) is 12.6. The first kappa shape index (κ1) is 15.3. The minimum absolute atomic E-state index is 0.364. The summed E-state index contributed by atoms with van der Waals surface area (Å²) in [5.41, 5.74) is 2.41. The van der Waals surface area contributed by atoms with Gasteiger partial charge in [0.2, 0.25) is 0 Å². The van der Waals surface area contributed by atoms with Crippen LogP contribution in [0.2, 0.25) is 0 Å². The number of nitrogens with zero attached hydrogens (tertiary/aromatic N) is 1. The Morgan fingerprint density at radius 2 is 1.90 bits per heavy atom. The van der Waals surface area contributed by atoms with E-state index in [9.17, 15) is 0 Å². The predicted molar refractivity (Wildman–Crippen MR) is 90.3 cm³/mol. The van der Waals surface area contributed by atoms with Crippen molar-refractivity contribution >= 4 is 22.7 Å². The van der Waals surface area contributed by atoms with Gasteiger partial charge in [0.15, 0.2) is 0 Å². The summed E-state index contributed by atoms with van der Waals surface area (Å²) < 4.78 is 0.364. The van der Waals surface area contributed by atoms with Gasteiger partial charge in [-0.3, -0.25) is 4.98 Å². The van der Waals surface area contributed by atoms with E-state index < -0.39 is 0 Å². The van der Waals surface area contributed by atoms with Crippen molar-refractivity contribution in [1.29, 1.82) is 0 Å². The van der Waals surface area contributed by atoms with E-state index in [1.165, 1.54) is 23.8 Å². The number of fused-ring (bicyclic) bond motifs is 1. The molecular weight excluding hydrogens is 264 g/mol. The van der Waals surface area contributed by atoms with Gasteiger partial charge < -0.3 is 5.32 Å². The monoisotopic (exact) mass is 288 g/mol. The molecule has 0 unspecified atom stereocenters. The second kappa shape index (κ2) is 7.09. The first-order valence-corrected chi connectivity index (χ1v) is 8.55. The number of thioether (sulfide) groups is 1. The van der Waals surface area contributed by atoms with Crippen molar-refractivity contribution in [1.82, 2.24) is 10.3 Å². The van der Waals surface area contributed by atoms with Crippen LogP contribution in [0.15, 0.2) is 36.5 Å². The smallest absolute Gasteiger partial charge is 0.0705 e. The van der Waals surface area contributed by atoms with Crippen LogP contribution < -0.4 is 5.32 Å². The average Bonchev–Trinajstić information content (AvgIpc) is 2.52. The summed E-state index contributed by atoms with van der Waals surface area (Å²) >= 11 is 1.98. The van der Waals surface area contributed by atoms with Crippen molar-refractivity contribution in [2.75, 3.05) is 12.8 Å². The molecule has 0 saturated carbocycles. The highest BCUT2D eigenvalue weighted by atomic mass is 32.2. The van der Waals surface area contributed by atoms with E-state index >= 15 is 0 Å². The highest BCUT2D eigenvalue weighted by molar-refractivity contribution is 8.00. The molecular formula is C17H24N2S. The Bertz CT molecular complexity index is 536. The second-order valence-electron chi connectivity index (χ2n) is 5.19. The van der Waals surface area contributed by atoms with Gasteiger partial charge in [-0.1, -0.05) is 32.0 Å². The van der Waals surface area contributed by atoms with Gasteiger partial charge in [-0.15, -0.1) is 0 Å². The molecule has 0 saturated heterocycles. The lowest BCUT2D eigenvalue weighted by atomic mass is 10.0. The largest absolute Gasteiger partial charge is 0.311 e. The van der Waals surface area contributed by atoms with Gasteiger partial charge in [0.1, 0.15) is 0 Å². The minimum Gasteiger partial charge on any atom is -0.311 e. The Labute approximate surface area is 126 Å². The molecule has 1 N–H and O–H groups in total. The molecule has 0 amide bonds. The maximum Gasteiger partial charge on any atom is 0.0705 e. The summed E-state index contributed by atoms with van der Waals surface area (Å²) in [7, 11) is 0. The Morgan fingerprint density at radius 1 is 1.15 bits per heavy atom. The molecule has 0 spiro atoms. The molecule has 3 heteroatoms. The topological polar surface area (TPSA) is 24.9 Å². The Hall–Kier alpha value is -1.06. The van der Waals surface area contributed by atoms with Gasteiger partial charge in [-0.2, -0.15) is 11.8 Å². The van der Waals surface area contributed by atoms with Crippen LogP contribution in [0.3, 0.4) is 0 Å². The number of rotatable bonds is 7. The second-order valence-corrected chi connectivity index (χ2v) is 6.46. The van der Waals surface area contributed by atoms with Crippen molar-refractivity contribution in [3.8, 4) is 0 Å². The van der Waals surface area contributed by atoms with Crippen LogP contribution in [0.25, 0.3) is 10.9 Å². The SMILES string of the molecule is CCC(CC)(CNCc1ccnc2ccccc12)SC. The molecule has 1 aromatic heterocycles. The third-order valence-corrected chi connectivity index (χ3v) is 5.81. The Balaban J connectivity index is 2.06. The molecule has 1 aromatic carbocycles. The van der Waals surface area contributed by atoms with Crippen LogP contribution in [-0.4, -0.2) is 22.5 Å². The molecule has 2 rings (SSSR count). The van der Waals surface area contributed by atoms with E-state index in [1.807, 2.05) is 24.0 Å². The zero-order chi connectivity index (χ0) is 14.4. The quantitative estimate of drug-likeness (QED) is 0.824. The summed E-state index contributed by atoms with van der Waals surface area (Å²) in [6, 6.07) is 10.5. The first-order valence-electron chi connectivity index (χ1n) is 7.33. The lowest BCUT2D eigenvalue weighted by Crippen LogP contribution is -2.36. The molecule has 0 fully saturated rings. The van der Waals surface area contributed by atoms with Crippen LogP contribution in [0, 0.1) is 0 Å². The number of aromatic nitrogens is 1. The molecule has 1 heterocycles. The minimum atomic E-state index is 0.364. The van der Waals surface area contributed by atoms with E-state index in [0.29, 0.717) is 4.75 Å². The van der Waals surface area contributed by atoms with Crippen molar-refractivity contribution in [2.45, 2.75) is 38.0 Å². The molecule has 0 atom stereocenters. The van der Waals surface area contributed by atoms with Crippen molar-refractivity contribution in [2.24, 2.45) is 0 Å². The number of benzene rings is 1. The number of hydrogen-bond donors (Lipinski definition) is 1. The Morgan fingerprint density at radius 3 is 2.60 bits per heavy atom. The third-order valence-electron chi connectivity index (χ3n) is 4.22. The average molecular weight is 288 g/mol. The van der Waals surface area contributed by atoms with E-state index in [0.717, 1.165) is 18.6 Å². The van der Waals surface area contributed by atoms with E-state index in [2.05, 4.69) is 54.7 Å². The van der Waals surface area contributed by atoms with Crippen LogP contribution in [0.1, 0.15) is 32.3 Å². The van der Waals surface area contributed by atoms with Gasteiger partial charge in [-0.05, 0) is 36.8 Å². The van der Waals surface area contributed by atoms with Gasteiger partial charge in [0.05, 0.1) is 5.52 Å². The molecule has 0 aliphatic rings. The lowest BCUT2D eigenvalue weighted by Gasteiger charge is -2.30. The van der Waals surface area contributed by atoms with Crippen LogP contribution in [0.5, 0.6) is 0 Å². The lowest BCUT2D eigenvalue weighted by molar-refractivity contribution is 0.495. The zero-order valence-corrected chi connectivity index (χ0v) is 13.5. The van der Waals surface area contributed by atoms with Gasteiger partial charge in [-0.25, -0.2) is 0 Å². The maximum atomic E-state index is 4.42. The fraction of sp³-hybridized carbons (Fsp3) is 0.471. The fourth-order valence-corrected chi connectivity index (χ4v) is 3.42. The molecule has 0 aliphatic heterocycles. The number of pyridine rings is 1. The van der Waals surface area contributed by atoms with Crippen molar-refractivity contribution in [3.05, 3.63) is 42.1 Å². The molecule has 0 radical (unpaired) electrons. The summed E-state index contributed by atoms with van der Waals surface area (Å²) in [5, 5.41) is 4.89. The molecule has 0 bridgehead atoms. The highest BCUT2D eigenvalue weighted by Gasteiger charge is 2.24. The molecule has 0 aliphatic carbocycles. The summed E-state index contributed by atoms with van der Waals surface area (Å²) in [6.07, 6.45) is 6.53. The van der Waals surface area contributed by atoms with Crippen LogP contribution in [-0.2, 0) is 6.54 Å². The standard InChI is InChI=1S/C17H24N2S/c1-4-17(5-2,20-3)13-18-12-14-10-11-19-16-9-7-6-8-15(14)16/h6-11,18H,4-5,12-13H2,1-3H3. The predicted octanol–water partition coefficient (Wildman–Crippen LogP) is 4.25. The molecule has 2 aromatic rings. The summed E-state index contributed by atoms with van der Waals surface area (Å²) in [5.74, 6) is 0. The molecule has 20 heavy (non-hydrogen) atoms. The van der Waals surface area contributed by atoms with Gasteiger partial charge in [0, 0.05) is 29.4 Å².